The molecule has 0 saturated carbocycles. The summed E-state index contributed by atoms with van der Waals surface area (Å²) in [6, 6.07) is 22.9. The first-order valence-corrected chi connectivity index (χ1v) is 11.9. The maximum atomic E-state index is 12.7. The molecule has 1 aliphatic rings. The van der Waals surface area contributed by atoms with E-state index in [1.54, 1.807) is 35.2 Å². The molecule has 0 aromatic heterocycles. The van der Waals surface area contributed by atoms with E-state index < -0.39 is 10.0 Å². The molecular formula is C24H27N3O3S. The van der Waals surface area contributed by atoms with Crippen LogP contribution in [0.2, 0.25) is 0 Å². The highest BCUT2D eigenvalue weighted by Crippen LogP contribution is 2.21. The maximum absolute atomic E-state index is 12.7. The van der Waals surface area contributed by atoms with Gasteiger partial charge < -0.3 is 4.90 Å². The number of nitrogens with zero attached hydrogens (tertiary/aromatic N) is 3. The molecule has 4 rings (SSSR count). The van der Waals surface area contributed by atoms with Crippen LogP contribution in [0, 0.1) is 0 Å². The van der Waals surface area contributed by atoms with Crippen molar-refractivity contribution in [1.29, 1.82) is 0 Å². The molecule has 1 aliphatic heterocycles. The normalized spacial score (nSPS) is 15.5. The van der Waals surface area contributed by atoms with Gasteiger partial charge in [0, 0.05) is 39.8 Å². The Hall–Kier alpha value is -2.74. The van der Waals surface area contributed by atoms with E-state index in [0.717, 1.165) is 23.9 Å². The SMILES string of the molecule is CN(CC(=O)N1CCN(Cc2cccc3ccccc23)CC1)S(=O)(=O)c1ccccc1. The van der Waals surface area contributed by atoms with Crippen molar-refractivity contribution in [3.8, 4) is 0 Å². The summed E-state index contributed by atoms with van der Waals surface area (Å²) >= 11 is 0. The summed E-state index contributed by atoms with van der Waals surface area (Å²) in [4.78, 5) is 17.0. The number of hydrogen-bond acceptors (Lipinski definition) is 4. The molecular weight excluding hydrogens is 410 g/mol. The van der Waals surface area contributed by atoms with Crippen molar-refractivity contribution in [3.05, 3.63) is 78.4 Å². The van der Waals surface area contributed by atoms with E-state index in [9.17, 15) is 13.2 Å². The van der Waals surface area contributed by atoms with E-state index in [4.69, 9.17) is 0 Å². The molecule has 1 amide bonds. The van der Waals surface area contributed by atoms with Crippen molar-refractivity contribution in [2.45, 2.75) is 11.4 Å². The van der Waals surface area contributed by atoms with Crippen molar-refractivity contribution in [1.82, 2.24) is 14.1 Å². The van der Waals surface area contributed by atoms with Crippen LogP contribution in [-0.2, 0) is 21.4 Å². The Labute approximate surface area is 183 Å². The van der Waals surface area contributed by atoms with Crippen LogP contribution in [0.15, 0.2) is 77.7 Å². The van der Waals surface area contributed by atoms with Gasteiger partial charge in [-0.3, -0.25) is 9.69 Å². The molecule has 1 saturated heterocycles. The Morgan fingerprint density at radius 2 is 1.52 bits per heavy atom. The molecule has 0 aliphatic carbocycles. The second-order valence-corrected chi connectivity index (χ2v) is 9.91. The lowest BCUT2D eigenvalue weighted by Gasteiger charge is -2.35. The quantitative estimate of drug-likeness (QED) is 0.595. The van der Waals surface area contributed by atoms with Crippen molar-refractivity contribution in [2.75, 3.05) is 39.8 Å². The van der Waals surface area contributed by atoms with Crippen LogP contribution in [0.1, 0.15) is 5.56 Å². The minimum atomic E-state index is -3.67. The number of benzene rings is 3. The summed E-state index contributed by atoms with van der Waals surface area (Å²) in [6.07, 6.45) is 0. The van der Waals surface area contributed by atoms with Crippen LogP contribution in [0.5, 0.6) is 0 Å². The third kappa shape index (κ3) is 4.79. The molecule has 0 N–H and O–H groups in total. The fourth-order valence-corrected chi connectivity index (χ4v) is 5.12. The number of likely N-dealkylation sites (N-methyl/N-ethyl adjacent to an activating group) is 1. The molecule has 0 bridgehead atoms. The van der Waals surface area contributed by atoms with E-state index >= 15 is 0 Å². The zero-order valence-corrected chi connectivity index (χ0v) is 18.5. The Bertz CT molecular complexity index is 1150. The third-order valence-electron chi connectivity index (χ3n) is 5.81. The average Bonchev–Trinajstić information content (AvgIpc) is 2.80. The minimum absolute atomic E-state index is 0.152. The summed E-state index contributed by atoms with van der Waals surface area (Å²) in [5.41, 5.74) is 1.28. The predicted octanol–water partition coefficient (Wildman–Crippen LogP) is 2.80. The molecule has 0 radical (unpaired) electrons. The van der Waals surface area contributed by atoms with E-state index in [0.29, 0.717) is 13.1 Å². The van der Waals surface area contributed by atoms with Gasteiger partial charge in [-0.1, -0.05) is 60.7 Å². The molecule has 0 spiro atoms. The van der Waals surface area contributed by atoms with Crippen molar-refractivity contribution in [3.63, 3.8) is 0 Å². The van der Waals surface area contributed by atoms with Gasteiger partial charge in [0.15, 0.2) is 0 Å². The fourth-order valence-electron chi connectivity index (χ4n) is 3.97. The number of hydrogen-bond donors (Lipinski definition) is 0. The lowest BCUT2D eigenvalue weighted by atomic mass is 10.0. The highest BCUT2D eigenvalue weighted by Gasteiger charge is 2.27. The third-order valence-corrected chi connectivity index (χ3v) is 7.63. The number of rotatable bonds is 6. The molecule has 0 atom stereocenters. The van der Waals surface area contributed by atoms with Gasteiger partial charge in [-0.05, 0) is 28.5 Å². The summed E-state index contributed by atoms with van der Waals surface area (Å²) < 4.78 is 26.5. The Morgan fingerprint density at radius 3 is 2.26 bits per heavy atom. The summed E-state index contributed by atoms with van der Waals surface area (Å²) in [6.45, 7) is 3.42. The monoisotopic (exact) mass is 437 g/mol. The van der Waals surface area contributed by atoms with Crippen LogP contribution >= 0.6 is 0 Å². The fraction of sp³-hybridized carbons (Fsp3) is 0.292. The van der Waals surface area contributed by atoms with Crippen molar-refractivity contribution < 1.29 is 13.2 Å². The average molecular weight is 438 g/mol. The molecule has 1 heterocycles. The first kappa shape index (κ1) is 21.5. The number of sulfonamides is 1. The number of fused-ring (bicyclic) bond motifs is 1. The van der Waals surface area contributed by atoms with Crippen LogP contribution in [-0.4, -0.2) is 68.2 Å². The van der Waals surface area contributed by atoms with E-state index in [-0.39, 0.29) is 17.3 Å². The van der Waals surface area contributed by atoms with Crippen molar-refractivity contribution in [2.24, 2.45) is 0 Å². The summed E-state index contributed by atoms with van der Waals surface area (Å²) in [5.74, 6) is -0.160. The molecule has 3 aromatic carbocycles. The van der Waals surface area contributed by atoms with Gasteiger partial charge in [0.05, 0.1) is 11.4 Å². The smallest absolute Gasteiger partial charge is 0.243 e. The summed E-state index contributed by atoms with van der Waals surface area (Å²) in [5, 5.41) is 2.49. The molecule has 7 heteroatoms. The zero-order valence-electron chi connectivity index (χ0n) is 17.6. The Kier molecular flexibility index (Phi) is 6.36. The standard InChI is InChI=1S/C24H27N3O3S/c1-25(31(29,30)22-11-3-2-4-12-22)19-24(28)27-16-14-26(15-17-27)18-21-10-7-9-20-8-5-6-13-23(20)21/h2-13H,14-19H2,1H3. The number of amides is 1. The molecule has 0 unspecified atom stereocenters. The first-order chi connectivity index (χ1) is 14.9. The number of piperazine rings is 1. The number of carbonyl (C=O) groups is 1. The van der Waals surface area contributed by atoms with E-state index in [1.165, 1.54) is 23.4 Å². The highest BCUT2D eigenvalue weighted by atomic mass is 32.2. The second-order valence-electron chi connectivity index (χ2n) is 7.87. The predicted molar refractivity (Wildman–Crippen MR) is 122 cm³/mol. The summed E-state index contributed by atoms with van der Waals surface area (Å²) in [7, 11) is -2.21. The Morgan fingerprint density at radius 1 is 0.871 bits per heavy atom. The van der Waals surface area contributed by atoms with Gasteiger partial charge in [0.25, 0.3) is 0 Å². The number of carbonyl (C=O) groups excluding carboxylic acids is 1. The van der Waals surface area contributed by atoms with Crippen molar-refractivity contribution >= 4 is 26.7 Å². The van der Waals surface area contributed by atoms with E-state index in [1.807, 2.05) is 6.07 Å². The highest BCUT2D eigenvalue weighted by molar-refractivity contribution is 7.89. The minimum Gasteiger partial charge on any atom is -0.339 e. The van der Waals surface area contributed by atoms with Gasteiger partial charge in [0.1, 0.15) is 0 Å². The lowest BCUT2D eigenvalue weighted by molar-refractivity contribution is -0.133. The Balaban J connectivity index is 1.34. The van der Waals surface area contributed by atoms with Crippen LogP contribution < -0.4 is 0 Å². The van der Waals surface area contributed by atoms with Gasteiger partial charge >= 0.3 is 0 Å². The van der Waals surface area contributed by atoms with Gasteiger partial charge in [0.2, 0.25) is 15.9 Å². The molecule has 31 heavy (non-hydrogen) atoms. The zero-order chi connectivity index (χ0) is 21.8. The largest absolute Gasteiger partial charge is 0.339 e. The van der Waals surface area contributed by atoms with Gasteiger partial charge in [-0.25, -0.2) is 8.42 Å². The molecule has 3 aromatic rings. The van der Waals surface area contributed by atoms with Gasteiger partial charge in [-0.15, -0.1) is 0 Å². The van der Waals surface area contributed by atoms with Crippen LogP contribution in [0.4, 0.5) is 0 Å². The van der Waals surface area contributed by atoms with Crippen LogP contribution in [0.25, 0.3) is 10.8 Å². The van der Waals surface area contributed by atoms with E-state index in [2.05, 4.69) is 41.3 Å². The molecule has 6 nitrogen and oxygen atoms in total. The topological polar surface area (TPSA) is 60.9 Å². The lowest BCUT2D eigenvalue weighted by Crippen LogP contribution is -2.51. The molecule has 162 valence electrons. The van der Waals surface area contributed by atoms with Crippen LogP contribution in [0.3, 0.4) is 0 Å². The first-order valence-electron chi connectivity index (χ1n) is 10.4. The van der Waals surface area contributed by atoms with Gasteiger partial charge in [-0.2, -0.15) is 4.31 Å². The molecule has 1 fully saturated rings. The second kappa shape index (κ2) is 9.18. The maximum Gasteiger partial charge on any atom is 0.243 e.